The molecule has 0 aliphatic rings. The Morgan fingerprint density at radius 3 is 2.36 bits per heavy atom. The zero-order valence-electron chi connectivity index (χ0n) is 6.74. The van der Waals surface area contributed by atoms with Crippen LogP contribution in [0.5, 0.6) is 5.75 Å². The molecule has 0 unspecified atom stereocenters. The average molecular weight is 350 g/mol. The molecule has 0 aliphatic carbocycles. The third kappa shape index (κ3) is 3.07. The smallest absolute Gasteiger partial charge is 0.387 e. The quantitative estimate of drug-likeness (QED) is 0.727. The van der Waals surface area contributed by atoms with Gasteiger partial charge in [-0.05, 0) is 44.0 Å². The summed E-state index contributed by atoms with van der Waals surface area (Å²) in [7, 11) is 0. The largest absolute Gasteiger partial charge is 0.434 e. The lowest BCUT2D eigenvalue weighted by Crippen LogP contribution is -2.04. The minimum atomic E-state index is -2.84. The van der Waals surface area contributed by atoms with Crippen LogP contribution in [0.1, 0.15) is 5.56 Å². The minimum absolute atomic E-state index is 0.0880. The van der Waals surface area contributed by atoms with Crippen molar-refractivity contribution < 1.29 is 13.5 Å². The van der Waals surface area contributed by atoms with Crippen LogP contribution in [0, 0.1) is 0 Å². The lowest BCUT2D eigenvalue weighted by molar-refractivity contribution is -0.0503. The van der Waals surface area contributed by atoms with E-state index in [-0.39, 0.29) is 11.6 Å². The van der Waals surface area contributed by atoms with Gasteiger partial charge < -0.3 is 4.74 Å². The topological polar surface area (TPSA) is 9.23 Å². The van der Waals surface area contributed by atoms with Gasteiger partial charge in [0.25, 0.3) is 0 Å². The van der Waals surface area contributed by atoms with Gasteiger partial charge in [0.1, 0.15) is 5.75 Å². The molecular formula is C8H5Br2ClF2O. The highest BCUT2D eigenvalue weighted by Gasteiger charge is 2.11. The van der Waals surface area contributed by atoms with Crippen molar-refractivity contribution in [3.63, 3.8) is 0 Å². The molecule has 0 heterocycles. The Labute approximate surface area is 102 Å². The number of hydrogen-bond donors (Lipinski definition) is 0. The molecule has 0 saturated heterocycles. The molecule has 1 aromatic carbocycles. The molecule has 1 rings (SSSR count). The van der Waals surface area contributed by atoms with Gasteiger partial charge in [0.15, 0.2) is 0 Å². The van der Waals surface area contributed by atoms with E-state index in [1.54, 1.807) is 6.07 Å². The molecule has 78 valence electrons. The fraction of sp³-hybridized carbons (Fsp3) is 0.250. The van der Waals surface area contributed by atoms with Crippen molar-refractivity contribution in [2.45, 2.75) is 12.5 Å². The van der Waals surface area contributed by atoms with Crippen LogP contribution < -0.4 is 4.74 Å². The van der Waals surface area contributed by atoms with Crippen LogP contribution in [-0.4, -0.2) is 6.61 Å². The summed E-state index contributed by atoms with van der Waals surface area (Å²) in [5, 5.41) is 0. The van der Waals surface area contributed by atoms with Gasteiger partial charge in [-0.1, -0.05) is 0 Å². The summed E-state index contributed by atoms with van der Waals surface area (Å²) in [6, 6.07) is 3.09. The van der Waals surface area contributed by atoms with E-state index in [0.29, 0.717) is 10.0 Å². The zero-order valence-corrected chi connectivity index (χ0v) is 10.7. The monoisotopic (exact) mass is 348 g/mol. The molecule has 0 spiro atoms. The summed E-state index contributed by atoms with van der Waals surface area (Å²) < 4.78 is 29.6. The van der Waals surface area contributed by atoms with E-state index in [1.807, 2.05) is 0 Å². The molecule has 0 fully saturated rings. The SMILES string of the molecule is FC(F)Oc1cc(Br)c(Br)cc1CCl. The van der Waals surface area contributed by atoms with Gasteiger partial charge in [0.2, 0.25) is 0 Å². The number of rotatable bonds is 3. The van der Waals surface area contributed by atoms with E-state index >= 15 is 0 Å². The van der Waals surface area contributed by atoms with Crippen molar-refractivity contribution in [3.8, 4) is 5.75 Å². The van der Waals surface area contributed by atoms with Gasteiger partial charge in [-0.2, -0.15) is 8.78 Å². The van der Waals surface area contributed by atoms with Crippen LogP contribution in [0.4, 0.5) is 8.78 Å². The summed E-state index contributed by atoms with van der Waals surface area (Å²) in [6.45, 7) is -2.84. The maximum atomic E-state index is 12.0. The minimum Gasteiger partial charge on any atom is -0.434 e. The van der Waals surface area contributed by atoms with Crippen LogP contribution in [0.3, 0.4) is 0 Å². The van der Waals surface area contributed by atoms with Gasteiger partial charge in [0, 0.05) is 14.5 Å². The molecule has 0 amide bonds. The molecule has 0 radical (unpaired) electrons. The predicted molar refractivity (Wildman–Crippen MR) is 58.0 cm³/mol. The highest BCUT2D eigenvalue weighted by molar-refractivity contribution is 9.13. The number of alkyl halides is 3. The standard InChI is InChI=1S/C8H5Br2ClF2O/c9-5-1-4(3-11)7(2-6(5)10)14-8(12)13/h1-2,8H,3H2. The van der Waals surface area contributed by atoms with Crippen molar-refractivity contribution in [1.29, 1.82) is 0 Å². The first-order valence-corrected chi connectivity index (χ1v) is 5.65. The Morgan fingerprint density at radius 2 is 1.86 bits per heavy atom. The second kappa shape index (κ2) is 5.28. The van der Waals surface area contributed by atoms with Gasteiger partial charge in [0.05, 0.1) is 5.88 Å². The highest BCUT2D eigenvalue weighted by Crippen LogP contribution is 2.32. The van der Waals surface area contributed by atoms with Crippen LogP contribution >= 0.6 is 43.5 Å². The van der Waals surface area contributed by atoms with Gasteiger partial charge in [-0.3, -0.25) is 0 Å². The van der Waals surface area contributed by atoms with E-state index in [0.717, 1.165) is 4.47 Å². The average Bonchev–Trinajstić information content (AvgIpc) is 2.10. The summed E-state index contributed by atoms with van der Waals surface area (Å²) in [5.74, 6) is 0.207. The number of hydrogen-bond acceptors (Lipinski definition) is 1. The molecule has 0 saturated carbocycles. The predicted octanol–water partition coefficient (Wildman–Crippen LogP) is 4.55. The van der Waals surface area contributed by atoms with Gasteiger partial charge in [-0.25, -0.2) is 0 Å². The van der Waals surface area contributed by atoms with Crippen molar-refractivity contribution in [2.75, 3.05) is 0 Å². The van der Waals surface area contributed by atoms with Crippen molar-refractivity contribution in [2.24, 2.45) is 0 Å². The Balaban J connectivity index is 3.07. The van der Waals surface area contributed by atoms with Crippen LogP contribution in [0.2, 0.25) is 0 Å². The maximum Gasteiger partial charge on any atom is 0.387 e. The normalized spacial score (nSPS) is 10.7. The van der Waals surface area contributed by atoms with Crippen LogP contribution in [-0.2, 0) is 5.88 Å². The molecule has 1 aromatic rings. The molecule has 0 N–H and O–H groups in total. The Morgan fingerprint density at radius 1 is 1.29 bits per heavy atom. The Bertz CT molecular complexity index is 333. The van der Waals surface area contributed by atoms with E-state index in [4.69, 9.17) is 11.6 Å². The Kier molecular flexibility index (Phi) is 4.60. The second-order valence-electron chi connectivity index (χ2n) is 2.39. The summed E-state index contributed by atoms with van der Waals surface area (Å²) >= 11 is 12.0. The van der Waals surface area contributed by atoms with Crippen molar-refractivity contribution >= 4 is 43.5 Å². The lowest BCUT2D eigenvalue weighted by atomic mass is 10.2. The summed E-state index contributed by atoms with van der Waals surface area (Å²) in [5.41, 5.74) is 0.516. The fourth-order valence-electron chi connectivity index (χ4n) is 0.880. The summed E-state index contributed by atoms with van der Waals surface area (Å²) in [6.07, 6.45) is 0. The Hall–Kier alpha value is 0.130. The first kappa shape index (κ1) is 12.2. The maximum absolute atomic E-state index is 12.0. The number of ether oxygens (including phenoxy) is 1. The molecule has 6 heteroatoms. The van der Waals surface area contributed by atoms with Gasteiger partial charge >= 0.3 is 6.61 Å². The van der Waals surface area contributed by atoms with Crippen LogP contribution in [0.15, 0.2) is 21.1 Å². The second-order valence-corrected chi connectivity index (χ2v) is 4.36. The first-order valence-electron chi connectivity index (χ1n) is 3.53. The third-order valence-electron chi connectivity index (χ3n) is 1.46. The lowest BCUT2D eigenvalue weighted by Gasteiger charge is -2.10. The molecular weight excluding hydrogens is 345 g/mol. The molecule has 0 aromatic heterocycles. The molecule has 14 heavy (non-hydrogen) atoms. The van der Waals surface area contributed by atoms with Crippen LogP contribution in [0.25, 0.3) is 0 Å². The molecule has 1 nitrogen and oxygen atoms in total. The van der Waals surface area contributed by atoms with Crippen molar-refractivity contribution in [1.82, 2.24) is 0 Å². The molecule has 0 aliphatic heterocycles. The zero-order chi connectivity index (χ0) is 10.7. The fourth-order valence-corrected chi connectivity index (χ4v) is 1.80. The number of halogens is 5. The third-order valence-corrected chi connectivity index (χ3v) is 3.60. The first-order chi connectivity index (χ1) is 6.54. The van der Waals surface area contributed by atoms with Gasteiger partial charge in [-0.15, -0.1) is 11.6 Å². The number of benzene rings is 1. The van der Waals surface area contributed by atoms with Crippen molar-refractivity contribution in [3.05, 3.63) is 26.6 Å². The molecule has 0 atom stereocenters. The highest BCUT2D eigenvalue weighted by atomic mass is 79.9. The van der Waals surface area contributed by atoms with E-state index in [1.165, 1.54) is 6.07 Å². The van der Waals surface area contributed by atoms with E-state index in [2.05, 4.69) is 36.6 Å². The van der Waals surface area contributed by atoms with E-state index in [9.17, 15) is 8.78 Å². The van der Waals surface area contributed by atoms with E-state index < -0.39 is 6.61 Å². The molecule has 0 bridgehead atoms. The summed E-state index contributed by atoms with van der Waals surface area (Å²) in [4.78, 5) is 0.